The van der Waals surface area contributed by atoms with Gasteiger partial charge in [-0.15, -0.1) is 0 Å². The van der Waals surface area contributed by atoms with Gasteiger partial charge in [-0.25, -0.2) is 0 Å². The van der Waals surface area contributed by atoms with Crippen molar-refractivity contribution in [2.24, 2.45) is 0 Å². The van der Waals surface area contributed by atoms with Gasteiger partial charge in [-0.3, -0.25) is 14.4 Å². The van der Waals surface area contributed by atoms with E-state index in [1.165, 1.54) is 51.4 Å². The summed E-state index contributed by atoms with van der Waals surface area (Å²) in [6.45, 7) is 6.38. The van der Waals surface area contributed by atoms with Crippen molar-refractivity contribution < 1.29 is 28.6 Å². The summed E-state index contributed by atoms with van der Waals surface area (Å²) >= 11 is 0. The second-order valence-electron chi connectivity index (χ2n) is 13.2. The summed E-state index contributed by atoms with van der Waals surface area (Å²) in [5.74, 6) is -0.955. The van der Waals surface area contributed by atoms with Crippen LogP contribution >= 0.6 is 0 Å². The van der Waals surface area contributed by atoms with E-state index >= 15 is 0 Å². The number of hydrogen-bond donors (Lipinski definition) is 0. The van der Waals surface area contributed by atoms with E-state index in [1.807, 2.05) is 0 Å². The number of carbonyl (C=O) groups excluding carboxylic acids is 3. The molecule has 0 rings (SSSR count). The summed E-state index contributed by atoms with van der Waals surface area (Å²) in [5.41, 5.74) is 0. The summed E-state index contributed by atoms with van der Waals surface area (Å²) in [6, 6.07) is 0. The Labute approximate surface area is 301 Å². The van der Waals surface area contributed by atoms with Crippen LogP contribution in [0.3, 0.4) is 0 Å². The van der Waals surface area contributed by atoms with Crippen LogP contribution in [0.15, 0.2) is 48.6 Å². The molecule has 0 aromatic rings. The van der Waals surface area contributed by atoms with Gasteiger partial charge in [0.1, 0.15) is 13.2 Å². The lowest BCUT2D eigenvalue weighted by Crippen LogP contribution is -2.30. The Morgan fingerprint density at radius 1 is 0.429 bits per heavy atom. The first-order chi connectivity index (χ1) is 24.0. The topological polar surface area (TPSA) is 78.9 Å². The molecule has 0 fully saturated rings. The third kappa shape index (κ3) is 36.5. The van der Waals surface area contributed by atoms with Crippen LogP contribution < -0.4 is 0 Å². The van der Waals surface area contributed by atoms with E-state index in [0.29, 0.717) is 19.3 Å². The fourth-order valence-electron chi connectivity index (χ4n) is 5.26. The number of allylic oxidation sites excluding steroid dienone is 8. The molecule has 1 unspecified atom stereocenters. The number of carbonyl (C=O) groups is 3. The summed E-state index contributed by atoms with van der Waals surface area (Å²) in [7, 11) is 0. The summed E-state index contributed by atoms with van der Waals surface area (Å²) < 4.78 is 16.5. The Hall–Kier alpha value is -2.63. The molecule has 49 heavy (non-hydrogen) atoms. The van der Waals surface area contributed by atoms with Gasteiger partial charge in [-0.05, 0) is 70.6 Å². The Balaban J connectivity index is 4.45. The van der Waals surface area contributed by atoms with Crippen LogP contribution in [0.2, 0.25) is 0 Å². The molecule has 6 nitrogen and oxygen atoms in total. The van der Waals surface area contributed by atoms with Crippen molar-refractivity contribution >= 4 is 17.9 Å². The number of rotatable bonds is 35. The van der Waals surface area contributed by atoms with Gasteiger partial charge in [0.25, 0.3) is 0 Å². The lowest BCUT2D eigenvalue weighted by molar-refractivity contribution is -0.167. The molecular formula is C43H74O6. The zero-order chi connectivity index (χ0) is 35.9. The van der Waals surface area contributed by atoms with Crippen molar-refractivity contribution in [2.75, 3.05) is 13.2 Å². The second-order valence-corrected chi connectivity index (χ2v) is 13.2. The van der Waals surface area contributed by atoms with Crippen molar-refractivity contribution in [3.63, 3.8) is 0 Å². The van der Waals surface area contributed by atoms with E-state index in [9.17, 15) is 14.4 Å². The Morgan fingerprint density at radius 3 is 1.37 bits per heavy atom. The third-order valence-electron chi connectivity index (χ3n) is 8.32. The maximum atomic E-state index is 12.6. The van der Waals surface area contributed by atoms with Gasteiger partial charge in [-0.2, -0.15) is 0 Å². The molecule has 0 heterocycles. The normalized spacial score (nSPS) is 12.5. The van der Waals surface area contributed by atoms with E-state index in [-0.39, 0.29) is 31.1 Å². The minimum atomic E-state index is -0.787. The first-order valence-corrected chi connectivity index (χ1v) is 20.1. The van der Waals surface area contributed by atoms with E-state index in [1.54, 1.807) is 0 Å². The Morgan fingerprint density at radius 2 is 0.816 bits per heavy atom. The van der Waals surface area contributed by atoms with Gasteiger partial charge in [0, 0.05) is 19.3 Å². The molecule has 0 saturated heterocycles. The first-order valence-electron chi connectivity index (χ1n) is 20.1. The molecule has 0 amide bonds. The lowest BCUT2D eigenvalue weighted by atomic mass is 10.1. The zero-order valence-electron chi connectivity index (χ0n) is 31.9. The van der Waals surface area contributed by atoms with Crippen LogP contribution in [0.1, 0.15) is 188 Å². The minimum Gasteiger partial charge on any atom is -0.462 e. The maximum absolute atomic E-state index is 12.6. The van der Waals surface area contributed by atoms with E-state index in [0.717, 1.165) is 96.3 Å². The van der Waals surface area contributed by atoms with Crippen LogP contribution in [0.5, 0.6) is 0 Å². The predicted octanol–water partition coefficient (Wildman–Crippen LogP) is 12.4. The van der Waals surface area contributed by atoms with E-state index < -0.39 is 6.10 Å². The zero-order valence-corrected chi connectivity index (χ0v) is 31.9. The summed E-state index contributed by atoms with van der Waals surface area (Å²) in [4.78, 5) is 37.4. The number of unbranched alkanes of at least 4 members (excludes halogenated alkanes) is 16. The highest BCUT2D eigenvalue weighted by molar-refractivity contribution is 5.71. The van der Waals surface area contributed by atoms with Crippen LogP contribution in [0.4, 0.5) is 0 Å². The van der Waals surface area contributed by atoms with Crippen molar-refractivity contribution in [1.29, 1.82) is 0 Å². The fourth-order valence-corrected chi connectivity index (χ4v) is 5.26. The average molecular weight is 687 g/mol. The van der Waals surface area contributed by atoms with E-state index in [4.69, 9.17) is 14.2 Å². The van der Waals surface area contributed by atoms with Crippen LogP contribution in [-0.4, -0.2) is 37.2 Å². The maximum Gasteiger partial charge on any atom is 0.306 e. The van der Waals surface area contributed by atoms with Crippen molar-refractivity contribution in [3.05, 3.63) is 48.6 Å². The highest BCUT2D eigenvalue weighted by Gasteiger charge is 2.19. The fraction of sp³-hybridized carbons (Fsp3) is 0.744. The number of esters is 3. The molecule has 1 atom stereocenters. The van der Waals surface area contributed by atoms with Crippen molar-refractivity contribution in [1.82, 2.24) is 0 Å². The summed E-state index contributed by atoms with van der Waals surface area (Å²) in [5, 5.41) is 0. The molecule has 0 N–H and O–H groups in total. The molecule has 0 saturated carbocycles. The van der Waals surface area contributed by atoms with Crippen molar-refractivity contribution in [2.45, 2.75) is 194 Å². The quantitative estimate of drug-likeness (QED) is 0.0286. The number of hydrogen-bond acceptors (Lipinski definition) is 6. The van der Waals surface area contributed by atoms with E-state index in [2.05, 4.69) is 69.4 Å². The highest BCUT2D eigenvalue weighted by Crippen LogP contribution is 2.12. The average Bonchev–Trinajstić information content (AvgIpc) is 3.10. The SMILES string of the molecule is CC/C=C\C/C=C\C/C=C\CCCCC(=O)OCC(COC(=O)CCCCCCCCCCC)OC(=O)CCCCCC/C=C\CCCC. The van der Waals surface area contributed by atoms with Gasteiger partial charge < -0.3 is 14.2 Å². The summed E-state index contributed by atoms with van der Waals surface area (Å²) in [6.07, 6.45) is 42.4. The van der Waals surface area contributed by atoms with Crippen LogP contribution in [0.25, 0.3) is 0 Å². The molecule has 0 radical (unpaired) electrons. The largest absolute Gasteiger partial charge is 0.462 e. The molecule has 0 aliphatic carbocycles. The second kappa shape index (κ2) is 38.2. The van der Waals surface area contributed by atoms with Crippen molar-refractivity contribution in [3.8, 4) is 0 Å². The number of ether oxygens (including phenoxy) is 3. The molecule has 0 aliphatic heterocycles. The lowest BCUT2D eigenvalue weighted by Gasteiger charge is -2.18. The molecule has 0 aliphatic rings. The molecule has 0 spiro atoms. The molecule has 282 valence electrons. The van der Waals surface area contributed by atoms with Gasteiger partial charge in [0.05, 0.1) is 0 Å². The molecule has 0 aromatic heterocycles. The first kappa shape index (κ1) is 46.4. The minimum absolute atomic E-state index is 0.0895. The van der Waals surface area contributed by atoms with Gasteiger partial charge in [0.15, 0.2) is 6.10 Å². The third-order valence-corrected chi connectivity index (χ3v) is 8.32. The monoisotopic (exact) mass is 687 g/mol. The van der Waals surface area contributed by atoms with Crippen LogP contribution in [0, 0.1) is 0 Å². The highest BCUT2D eigenvalue weighted by atomic mass is 16.6. The molecule has 0 bridgehead atoms. The molecular weight excluding hydrogens is 612 g/mol. The Kier molecular flexibility index (Phi) is 36.1. The van der Waals surface area contributed by atoms with Gasteiger partial charge in [-0.1, -0.05) is 146 Å². The Bertz CT molecular complexity index is 887. The van der Waals surface area contributed by atoms with Gasteiger partial charge >= 0.3 is 17.9 Å². The standard InChI is InChI=1S/C43H74O6/c1-4-7-10-13-16-19-21-22-25-27-30-33-36-42(45)48-39-40(38-47-41(44)35-32-29-26-23-18-15-12-9-6-3)49-43(46)37-34-31-28-24-20-17-14-11-8-5-2/h7,10,14,16-17,19,22,25,40H,4-6,8-9,11-13,15,18,20-21,23-24,26-39H2,1-3H3/b10-7-,17-14-,19-16-,25-22-. The smallest absolute Gasteiger partial charge is 0.306 e. The van der Waals surface area contributed by atoms with Gasteiger partial charge in [0.2, 0.25) is 0 Å². The predicted molar refractivity (Wildman–Crippen MR) is 205 cm³/mol. The molecule has 6 heteroatoms. The van der Waals surface area contributed by atoms with Crippen LogP contribution in [-0.2, 0) is 28.6 Å². The molecule has 0 aromatic carbocycles.